The fourth-order valence-corrected chi connectivity index (χ4v) is 2.52. The highest BCUT2D eigenvalue weighted by Gasteiger charge is 2.24. The number of halogens is 1. The molecule has 1 amide bonds. The van der Waals surface area contributed by atoms with E-state index in [1.807, 2.05) is 0 Å². The second kappa shape index (κ2) is 7.40. The van der Waals surface area contributed by atoms with Crippen molar-refractivity contribution < 1.29 is 18.8 Å². The van der Waals surface area contributed by atoms with E-state index >= 15 is 0 Å². The number of rotatable bonds is 5. The Morgan fingerprint density at radius 1 is 1.15 bits per heavy atom. The Hall–Kier alpha value is -3.13. The summed E-state index contributed by atoms with van der Waals surface area (Å²) in [5, 5.41) is 4.17. The number of hydrogen-bond donors (Lipinski definition) is 0. The minimum Gasteiger partial charge on any atom is -0.495 e. The molecule has 0 spiro atoms. The summed E-state index contributed by atoms with van der Waals surface area (Å²) in [7, 11) is 4.53. The molecule has 2 heterocycles. The molecule has 3 aromatic rings. The van der Waals surface area contributed by atoms with Crippen LogP contribution >= 0.6 is 11.6 Å². The first-order chi connectivity index (χ1) is 12.5. The third-order valence-electron chi connectivity index (χ3n) is 3.67. The van der Waals surface area contributed by atoms with Gasteiger partial charge in [0.05, 0.1) is 24.9 Å². The highest BCUT2D eigenvalue weighted by molar-refractivity contribution is 6.32. The zero-order valence-electron chi connectivity index (χ0n) is 14.3. The molecular formula is C17H15ClN4O4. The predicted molar refractivity (Wildman–Crippen MR) is 94.8 cm³/mol. The van der Waals surface area contributed by atoms with Crippen LogP contribution < -0.4 is 14.4 Å². The summed E-state index contributed by atoms with van der Waals surface area (Å²) >= 11 is 6.16. The van der Waals surface area contributed by atoms with Gasteiger partial charge >= 0.3 is 11.8 Å². The zero-order chi connectivity index (χ0) is 18.7. The molecular weight excluding hydrogens is 360 g/mol. The molecule has 0 aliphatic rings. The number of hydrogen-bond acceptors (Lipinski definition) is 7. The van der Waals surface area contributed by atoms with Gasteiger partial charge in [0, 0.05) is 31.1 Å². The van der Waals surface area contributed by atoms with Crippen LogP contribution in [0.4, 0.5) is 5.69 Å². The lowest BCUT2D eigenvalue weighted by atomic mass is 10.2. The quantitative estimate of drug-likeness (QED) is 0.677. The van der Waals surface area contributed by atoms with E-state index < -0.39 is 5.91 Å². The minimum absolute atomic E-state index is 0.159. The normalized spacial score (nSPS) is 10.5. The van der Waals surface area contributed by atoms with Gasteiger partial charge in [0.2, 0.25) is 5.82 Å². The molecule has 0 saturated carbocycles. The summed E-state index contributed by atoms with van der Waals surface area (Å²) < 4.78 is 15.6. The third kappa shape index (κ3) is 3.31. The number of nitrogens with zero attached hydrogens (tertiary/aromatic N) is 4. The molecule has 0 unspecified atom stereocenters. The fraction of sp³-hybridized carbons (Fsp3) is 0.176. The largest absolute Gasteiger partial charge is 0.495 e. The molecule has 8 nitrogen and oxygen atoms in total. The number of carbonyl (C=O) groups is 1. The van der Waals surface area contributed by atoms with Gasteiger partial charge in [-0.3, -0.25) is 9.78 Å². The zero-order valence-corrected chi connectivity index (χ0v) is 15.0. The second-order valence-corrected chi connectivity index (χ2v) is 5.59. The van der Waals surface area contributed by atoms with Crippen LogP contribution in [0.5, 0.6) is 11.5 Å². The Labute approximate surface area is 154 Å². The SMILES string of the molecule is COc1cc(OC)c(N(C)C(=O)c2nc(-c3ccncc3)no2)cc1Cl. The standard InChI is InChI=1S/C17H15ClN4O4/c1-22(12-8-11(18)13(24-2)9-14(12)25-3)17(23)16-20-15(21-26-16)10-4-6-19-7-5-10/h4-9H,1-3H3. The maximum Gasteiger partial charge on any atom is 0.316 e. The number of methoxy groups -OCH3 is 2. The lowest BCUT2D eigenvalue weighted by molar-refractivity contribution is 0.0950. The summed E-state index contributed by atoms with van der Waals surface area (Å²) in [5.74, 6) is 0.483. The maximum atomic E-state index is 12.7. The van der Waals surface area contributed by atoms with Crippen molar-refractivity contribution in [3.8, 4) is 22.9 Å². The summed E-state index contributed by atoms with van der Waals surface area (Å²) in [6.45, 7) is 0. The average molecular weight is 375 g/mol. The smallest absolute Gasteiger partial charge is 0.316 e. The number of amides is 1. The van der Waals surface area contributed by atoms with E-state index in [1.165, 1.54) is 19.1 Å². The van der Waals surface area contributed by atoms with Gasteiger partial charge in [-0.05, 0) is 18.2 Å². The summed E-state index contributed by atoms with van der Waals surface area (Å²) in [6.07, 6.45) is 3.20. The molecule has 0 fully saturated rings. The first kappa shape index (κ1) is 17.7. The minimum atomic E-state index is -0.502. The topological polar surface area (TPSA) is 90.6 Å². The van der Waals surface area contributed by atoms with Gasteiger partial charge < -0.3 is 18.9 Å². The molecule has 0 aliphatic heterocycles. The molecule has 0 atom stereocenters. The van der Waals surface area contributed by atoms with E-state index in [4.69, 9.17) is 25.6 Å². The lowest BCUT2D eigenvalue weighted by Gasteiger charge is -2.19. The summed E-state index contributed by atoms with van der Waals surface area (Å²) in [4.78, 5) is 22.1. The Bertz CT molecular complexity index is 930. The average Bonchev–Trinajstić information content (AvgIpc) is 3.17. The van der Waals surface area contributed by atoms with E-state index in [-0.39, 0.29) is 5.89 Å². The van der Waals surface area contributed by atoms with Gasteiger partial charge in [0.1, 0.15) is 11.5 Å². The summed E-state index contributed by atoms with van der Waals surface area (Å²) in [6, 6.07) is 6.60. The van der Waals surface area contributed by atoms with Crippen molar-refractivity contribution in [2.45, 2.75) is 0 Å². The van der Waals surface area contributed by atoms with E-state index in [0.717, 1.165) is 0 Å². The van der Waals surface area contributed by atoms with Crippen LogP contribution in [-0.2, 0) is 0 Å². The third-order valence-corrected chi connectivity index (χ3v) is 3.96. The van der Waals surface area contributed by atoms with Crippen molar-refractivity contribution in [2.75, 3.05) is 26.2 Å². The van der Waals surface area contributed by atoms with Crippen molar-refractivity contribution >= 4 is 23.2 Å². The highest BCUT2D eigenvalue weighted by atomic mass is 35.5. The Morgan fingerprint density at radius 3 is 2.50 bits per heavy atom. The van der Waals surface area contributed by atoms with Crippen LogP contribution in [0.25, 0.3) is 11.4 Å². The van der Waals surface area contributed by atoms with E-state index in [9.17, 15) is 4.79 Å². The van der Waals surface area contributed by atoms with Crippen LogP contribution in [0, 0.1) is 0 Å². The maximum absolute atomic E-state index is 12.7. The monoisotopic (exact) mass is 374 g/mol. The molecule has 0 radical (unpaired) electrons. The van der Waals surface area contributed by atoms with Crippen molar-refractivity contribution in [1.82, 2.24) is 15.1 Å². The molecule has 2 aromatic heterocycles. The van der Waals surface area contributed by atoms with Crippen LogP contribution in [0.2, 0.25) is 5.02 Å². The van der Waals surface area contributed by atoms with Crippen LogP contribution in [-0.4, -0.2) is 42.3 Å². The van der Waals surface area contributed by atoms with Crippen LogP contribution in [0.3, 0.4) is 0 Å². The molecule has 0 saturated heterocycles. The van der Waals surface area contributed by atoms with Crippen molar-refractivity contribution in [3.05, 3.63) is 47.6 Å². The number of ether oxygens (including phenoxy) is 2. The Kier molecular flexibility index (Phi) is 5.04. The Balaban J connectivity index is 1.91. The first-order valence-electron chi connectivity index (χ1n) is 7.48. The van der Waals surface area contributed by atoms with E-state index in [1.54, 1.807) is 43.7 Å². The number of carbonyl (C=O) groups excluding carboxylic acids is 1. The highest BCUT2D eigenvalue weighted by Crippen LogP contribution is 2.38. The molecule has 0 aliphatic carbocycles. The molecule has 9 heteroatoms. The number of pyridine rings is 1. The Morgan fingerprint density at radius 2 is 1.85 bits per heavy atom. The number of aromatic nitrogens is 3. The van der Waals surface area contributed by atoms with Gasteiger partial charge in [0.25, 0.3) is 0 Å². The van der Waals surface area contributed by atoms with Gasteiger partial charge in [-0.25, -0.2) is 0 Å². The van der Waals surface area contributed by atoms with Crippen molar-refractivity contribution in [1.29, 1.82) is 0 Å². The van der Waals surface area contributed by atoms with Crippen LogP contribution in [0.1, 0.15) is 10.7 Å². The lowest BCUT2D eigenvalue weighted by Crippen LogP contribution is -2.27. The number of benzene rings is 1. The van der Waals surface area contributed by atoms with Crippen molar-refractivity contribution in [3.63, 3.8) is 0 Å². The van der Waals surface area contributed by atoms with E-state index in [0.29, 0.717) is 33.6 Å². The van der Waals surface area contributed by atoms with E-state index in [2.05, 4.69) is 15.1 Å². The number of anilines is 1. The molecule has 26 heavy (non-hydrogen) atoms. The predicted octanol–water partition coefficient (Wildman–Crippen LogP) is 3.08. The fourth-order valence-electron chi connectivity index (χ4n) is 2.29. The molecule has 0 N–H and O–H groups in total. The first-order valence-corrected chi connectivity index (χ1v) is 7.86. The van der Waals surface area contributed by atoms with Crippen molar-refractivity contribution in [2.24, 2.45) is 0 Å². The van der Waals surface area contributed by atoms with Crippen LogP contribution in [0.15, 0.2) is 41.2 Å². The molecule has 3 rings (SSSR count). The van der Waals surface area contributed by atoms with Gasteiger partial charge in [-0.15, -0.1) is 0 Å². The molecule has 0 bridgehead atoms. The second-order valence-electron chi connectivity index (χ2n) is 5.18. The summed E-state index contributed by atoms with van der Waals surface area (Å²) in [5.41, 5.74) is 1.13. The van der Waals surface area contributed by atoms with Gasteiger partial charge in [0.15, 0.2) is 0 Å². The molecule has 134 valence electrons. The molecule has 1 aromatic carbocycles. The van der Waals surface area contributed by atoms with Gasteiger partial charge in [-0.2, -0.15) is 4.98 Å². The van der Waals surface area contributed by atoms with Gasteiger partial charge in [-0.1, -0.05) is 16.8 Å².